The summed E-state index contributed by atoms with van der Waals surface area (Å²) in [6.45, 7) is -0.102. The third-order valence-electron chi connectivity index (χ3n) is 2.49. The Morgan fingerprint density at radius 3 is 2.71 bits per heavy atom. The maximum Gasteiger partial charge on any atom is 0.270 e. The zero-order chi connectivity index (χ0) is 15.5. The minimum Gasteiger partial charge on any atom is -0.258 e. The van der Waals surface area contributed by atoms with Gasteiger partial charge < -0.3 is 0 Å². The molecule has 0 aliphatic heterocycles. The zero-order valence-corrected chi connectivity index (χ0v) is 12.0. The van der Waals surface area contributed by atoms with Crippen LogP contribution in [0.4, 0.5) is 5.69 Å². The van der Waals surface area contributed by atoms with E-state index in [2.05, 4.69) is 14.9 Å². The van der Waals surface area contributed by atoms with Gasteiger partial charge in [-0.1, -0.05) is 11.6 Å². The van der Waals surface area contributed by atoms with Gasteiger partial charge in [-0.15, -0.1) is 0 Å². The van der Waals surface area contributed by atoms with Gasteiger partial charge in [-0.2, -0.15) is 10.2 Å². The fourth-order valence-electron chi connectivity index (χ4n) is 1.49. The Bertz CT molecular complexity index is 767. The molecule has 0 radical (unpaired) electrons. The molecule has 0 saturated carbocycles. The van der Waals surface area contributed by atoms with E-state index in [4.69, 9.17) is 11.6 Å². The van der Waals surface area contributed by atoms with E-state index in [1.165, 1.54) is 6.20 Å². The van der Waals surface area contributed by atoms with E-state index in [0.29, 0.717) is 5.69 Å². The number of nitrogens with one attached hydrogen (secondary N) is 1. The van der Waals surface area contributed by atoms with Crippen LogP contribution < -0.4 is 4.72 Å². The third kappa shape index (κ3) is 3.72. The Kier molecular flexibility index (Phi) is 4.46. The van der Waals surface area contributed by atoms with Crippen LogP contribution in [0.2, 0.25) is 5.02 Å². The predicted molar refractivity (Wildman–Crippen MR) is 74.2 cm³/mol. The summed E-state index contributed by atoms with van der Waals surface area (Å²) in [4.78, 5) is 9.64. The van der Waals surface area contributed by atoms with Crippen LogP contribution in [-0.2, 0) is 16.6 Å². The van der Waals surface area contributed by atoms with Crippen molar-refractivity contribution in [3.63, 3.8) is 0 Å². The summed E-state index contributed by atoms with van der Waals surface area (Å²) >= 11 is 5.80. The van der Waals surface area contributed by atoms with Crippen molar-refractivity contribution in [1.29, 1.82) is 0 Å². The minimum absolute atomic E-state index is 0.102. The highest BCUT2D eigenvalue weighted by molar-refractivity contribution is 7.89. The molecular formula is C11H9ClN4O4S. The van der Waals surface area contributed by atoms with Gasteiger partial charge >= 0.3 is 0 Å². The van der Waals surface area contributed by atoms with Gasteiger partial charge in [0.15, 0.2) is 0 Å². The maximum absolute atomic E-state index is 12.1. The van der Waals surface area contributed by atoms with Crippen LogP contribution in [0.1, 0.15) is 5.69 Å². The second-order valence-electron chi connectivity index (χ2n) is 3.91. The number of aromatic nitrogens is 2. The quantitative estimate of drug-likeness (QED) is 0.657. The third-order valence-corrected chi connectivity index (χ3v) is 4.37. The molecule has 10 heteroatoms. The lowest BCUT2D eigenvalue weighted by Crippen LogP contribution is -2.24. The van der Waals surface area contributed by atoms with Crippen molar-refractivity contribution in [1.82, 2.24) is 14.9 Å². The Morgan fingerprint density at radius 2 is 2.10 bits per heavy atom. The van der Waals surface area contributed by atoms with Gasteiger partial charge in [-0.25, -0.2) is 13.1 Å². The van der Waals surface area contributed by atoms with E-state index in [-0.39, 0.29) is 22.2 Å². The van der Waals surface area contributed by atoms with Crippen molar-refractivity contribution >= 4 is 27.3 Å². The lowest BCUT2D eigenvalue weighted by Gasteiger charge is -2.07. The number of nitrogens with zero attached hydrogens (tertiary/aromatic N) is 3. The number of nitro groups is 1. The van der Waals surface area contributed by atoms with Crippen LogP contribution in [0.25, 0.3) is 0 Å². The second-order valence-corrected chi connectivity index (χ2v) is 6.05. The molecule has 0 atom stereocenters. The number of nitro benzene ring substituents is 1. The molecule has 0 unspecified atom stereocenters. The molecular weight excluding hydrogens is 320 g/mol. The summed E-state index contributed by atoms with van der Waals surface area (Å²) in [5.74, 6) is 0. The van der Waals surface area contributed by atoms with E-state index >= 15 is 0 Å². The molecule has 110 valence electrons. The van der Waals surface area contributed by atoms with Crippen LogP contribution in [0.3, 0.4) is 0 Å². The highest BCUT2D eigenvalue weighted by Gasteiger charge is 2.21. The summed E-state index contributed by atoms with van der Waals surface area (Å²) in [7, 11) is -4.00. The summed E-state index contributed by atoms with van der Waals surface area (Å²) < 4.78 is 26.5. The molecule has 21 heavy (non-hydrogen) atoms. The largest absolute Gasteiger partial charge is 0.270 e. The zero-order valence-electron chi connectivity index (χ0n) is 10.4. The molecule has 2 aromatic rings. The molecule has 1 aromatic carbocycles. The molecule has 0 saturated heterocycles. The van der Waals surface area contributed by atoms with Crippen LogP contribution >= 0.6 is 11.6 Å². The van der Waals surface area contributed by atoms with E-state index < -0.39 is 14.9 Å². The molecule has 1 aromatic heterocycles. The first-order valence-corrected chi connectivity index (χ1v) is 7.46. The van der Waals surface area contributed by atoms with Gasteiger partial charge in [0, 0.05) is 18.3 Å². The van der Waals surface area contributed by atoms with E-state index in [9.17, 15) is 18.5 Å². The molecule has 0 aliphatic carbocycles. The number of hydrogen-bond acceptors (Lipinski definition) is 6. The normalized spacial score (nSPS) is 11.3. The van der Waals surface area contributed by atoms with Crippen molar-refractivity contribution in [2.24, 2.45) is 0 Å². The van der Waals surface area contributed by atoms with Crippen LogP contribution in [0, 0.1) is 10.1 Å². The van der Waals surface area contributed by atoms with Crippen molar-refractivity contribution in [2.75, 3.05) is 0 Å². The summed E-state index contributed by atoms with van der Waals surface area (Å²) in [6, 6.07) is 6.39. The molecule has 1 heterocycles. The average Bonchev–Trinajstić information content (AvgIpc) is 2.46. The standard InChI is InChI=1S/C11H9ClN4O4S/c12-10-4-3-9(16(17)18)6-11(10)21(19,20)14-7-8-2-1-5-13-15-8/h1-6,14H,7H2. The SMILES string of the molecule is O=[N+]([O-])c1ccc(Cl)c(S(=O)(=O)NCc2cccnn2)c1. The molecule has 2 rings (SSSR count). The minimum atomic E-state index is -4.00. The fraction of sp³-hybridized carbons (Fsp3) is 0.0909. The fourth-order valence-corrected chi connectivity index (χ4v) is 3.00. The molecule has 0 fully saturated rings. The Labute approximate surface area is 125 Å². The van der Waals surface area contributed by atoms with Gasteiger partial charge in [0.2, 0.25) is 10.0 Å². The van der Waals surface area contributed by atoms with Crippen molar-refractivity contribution in [3.8, 4) is 0 Å². The number of non-ortho nitro benzene ring substituents is 1. The summed E-state index contributed by atoms with van der Waals surface area (Å²) in [5.41, 5.74) is 0.0434. The van der Waals surface area contributed by atoms with Gasteiger partial charge in [-0.05, 0) is 18.2 Å². The molecule has 0 aliphatic rings. The number of benzene rings is 1. The smallest absolute Gasteiger partial charge is 0.258 e. The number of sulfonamides is 1. The highest BCUT2D eigenvalue weighted by atomic mass is 35.5. The monoisotopic (exact) mass is 328 g/mol. The maximum atomic E-state index is 12.1. The Balaban J connectivity index is 2.27. The lowest BCUT2D eigenvalue weighted by molar-refractivity contribution is -0.385. The van der Waals surface area contributed by atoms with Crippen LogP contribution in [0.5, 0.6) is 0 Å². The van der Waals surface area contributed by atoms with E-state index in [1.807, 2.05) is 0 Å². The molecule has 0 amide bonds. The highest BCUT2D eigenvalue weighted by Crippen LogP contribution is 2.26. The average molecular weight is 329 g/mol. The number of hydrogen-bond donors (Lipinski definition) is 1. The molecule has 1 N–H and O–H groups in total. The Morgan fingerprint density at radius 1 is 1.33 bits per heavy atom. The molecule has 8 nitrogen and oxygen atoms in total. The van der Waals surface area contributed by atoms with Crippen LogP contribution in [-0.4, -0.2) is 23.5 Å². The van der Waals surface area contributed by atoms with E-state index in [0.717, 1.165) is 18.2 Å². The van der Waals surface area contributed by atoms with Crippen molar-refractivity contribution < 1.29 is 13.3 Å². The number of halogens is 1. The second kappa shape index (κ2) is 6.12. The first-order chi connectivity index (χ1) is 9.90. The summed E-state index contributed by atoms with van der Waals surface area (Å²) in [6.07, 6.45) is 1.45. The summed E-state index contributed by atoms with van der Waals surface area (Å²) in [5, 5.41) is 17.9. The van der Waals surface area contributed by atoms with Crippen molar-refractivity contribution in [2.45, 2.75) is 11.4 Å². The molecule has 0 bridgehead atoms. The molecule has 0 spiro atoms. The first-order valence-electron chi connectivity index (χ1n) is 5.60. The van der Waals surface area contributed by atoms with Crippen LogP contribution in [0.15, 0.2) is 41.4 Å². The van der Waals surface area contributed by atoms with Gasteiger partial charge in [-0.3, -0.25) is 10.1 Å². The van der Waals surface area contributed by atoms with Gasteiger partial charge in [0.05, 0.1) is 22.2 Å². The first kappa shape index (κ1) is 15.3. The number of rotatable bonds is 5. The Hall–Kier alpha value is -2.10. The topological polar surface area (TPSA) is 115 Å². The predicted octanol–water partition coefficient (Wildman–Crippen LogP) is 1.52. The van der Waals surface area contributed by atoms with Gasteiger partial charge in [0.1, 0.15) is 4.90 Å². The lowest BCUT2D eigenvalue weighted by atomic mass is 10.3. The van der Waals surface area contributed by atoms with Gasteiger partial charge in [0.25, 0.3) is 5.69 Å². The van der Waals surface area contributed by atoms with Crippen molar-refractivity contribution in [3.05, 3.63) is 57.4 Å². The van der Waals surface area contributed by atoms with E-state index in [1.54, 1.807) is 12.1 Å².